The molecule has 27 heavy (non-hydrogen) atoms. The number of hydrogen-bond donors (Lipinski definition) is 3. The topological polar surface area (TPSA) is 53.2 Å². The van der Waals surface area contributed by atoms with Crippen molar-refractivity contribution in [2.75, 3.05) is 5.32 Å². The number of benzene rings is 1. The van der Waals surface area contributed by atoms with Gasteiger partial charge in [-0.1, -0.05) is 90.6 Å². The zero-order chi connectivity index (χ0) is 20.4. The van der Waals surface area contributed by atoms with E-state index in [9.17, 15) is 4.79 Å². The first kappa shape index (κ1) is 24.9. The summed E-state index contributed by atoms with van der Waals surface area (Å²) < 4.78 is -1.80. The van der Waals surface area contributed by atoms with Gasteiger partial charge in [0.15, 0.2) is 5.11 Å². The molecular weight excluding hydrogens is 472 g/mol. The van der Waals surface area contributed by atoms with E-state index in [4.69, 9.17) is 70.2 Å². The van der Waals surface area contributed by atoms with Crippen LogP contribution in [-0.2, 0) is 4.79 Å². The highest BCUT2D eigenvalue weighted by atomic mass is 35.6. The van der Waals surface area contributed by atoms with Crippen LogP contribution in [0.25, 0.3) is 0 Å². The maximum absolute atomic E-state index is 12.1. The van der Waals surface area contributed by atoms with Crippen LogP contribution in [0.5, 0.6) is 0 Å². The lowest BCUT2D eigenvalue weighted by Gasteiger charge is -2.28. The van der Waals surface area contributed by atoms with Crippen LogP contribution >= 0.6 is 70.2 Å². The first-order valence-corrected chi connectivity index (χ1v) is 10.8. The number of unbranched alkanes of at least 4 members (excludes halogenated alkanes) is 4. The summed E-state index contributed by atoms with van der Waals surface area (Å²) in [5.41, 5.74) is 0.493. The van der Waals surface area contributed by atoms with Crippen molar-refractivity contribution in [3.8, 4) is 0 Å². The highest BCUT2D eigenvalue weighted by Crippen LogP contribution is 2.30. The summed E-state index contributed by atoms with van der Waals surface area (Å²) in [4.78, 5) is 12.1. The summed E-state index contributed by atoms with van der Waals surface area (Å²) in [5.74, 6) is -0.223. The molecule has 0 saturated carbocycles. The van der Waals surface area contributed by atoms with Gasteiger partial charge in [-0.05, 0) is 36.8 Å². The van der Waals surface area contributed by atoms with Gasteiger partial charge in [0, 0.05) is 11.4 Å². The number of hydrogen-bond acceptors (Lipinski definition) is 2. The van der Waals surface area contributed by atoms with E-state index >= 15 is 0 Å². The molecule has 1 aromatic rings. The van der Waals surface area contributed by atoms with Crippen molar-refractivity contribution in [3.05, 3.63) is 28.2 Å². The van der Waals surface area contributed by atoms with Gasteiger partial charge in [-0.2, -0.15) is 0 Å². The van der Waals surface area contributed by atoms with Crippen LogP contribution in [0.2, 0.25) is 10.0 Å². The molecule has 1 amide bonds. The molecule has 1 rings (SSSR count). The minimum Gasteiger partial charge on any atom is -0.339 e. The molecule has 152 valence electrons. The molecule has 0 heterocycles. The first-order chi connectivity index (χ1) is 12.6. The number of carbonyl (C=O) groups is 1. The van der Waals surface area contributed by atoms with Crippen LogP contribution in [0, 0.1) is 0 Å². The Kier molecular flexibility index (Phi) is 11.4. The summed E-state index contributed by atoms with van der Waals surface area (Å²) in [6, 6.07) is 4.88. The summed E-state index contributed by atoms with van der Waals surface area (Å²) in [7, 11) is 0. The van der Waals surface area contributed by atoms with Crippen molar-refractivity contribution in [1.82, 2.24) is 10.6 Å². The minimum atomic E-state index is -1.80. The number of thiocarbonyl (C=S) groups is 1. The molecule has 1 unspecified atom stereocenters. The van der Waals surface area contributed by atoms with Gasteiger partial charge >= 0.3 is 0 Å². The number of amides is 1. The van der Waals surface area contributed by atoms with E-state index in [2.05, 4.69) is 22.9 Å². The molecular formula is C17H22Cl5N3OS. The highest BCUT2D eigenvalue weighted by molar-refractivity contribution is 7.80. The molecule has 0 aliphatic carbocycles. The van der Waals surface area contributed by atoms with Gasteiger partial charge in [0.05, 0.1) is 10.7 Å². The third-order valence-corrected chi connectivity index (χ3v) is 5.03. The van der Waals surface area contributed by atoms with E-state index in [1.165, 1.54) is 0 Å². The number of carbonyl (C=O) groups excluding carboxylic acids is 1. The molecule has 4 nitrogen and oxygen atoms in total. The van der Waals surface area contributed by atoms with E-state index in [0.717, 1.165) is 32.1 Å². The van der Waals surface area contributed by atoms with E-state index in [1.807, 2.05) is 0 Å². The SMILES string of the molecule is CCCCCCCC(=O)NC(NC(=S)Nc1cc(Cl)ccc1Cl)C(Cl)(Cl)Cl. The van der Waals surface area contributed by atoms with Crippen LogP contribution in [0.15, 0.2) is 18.2 Å². The lowest BCUT2D eigenvalue weighted by atomic mass is 10.1. The molecule has 3 N–H and O–H groups in total. The van der Waals surface area contributed by atoms with E-state index < -0.39 is 9.96 Å². The average molecular weight is 494 g/mol. The zero-order valence-electron chi connectivity index (χ0n) is 14.8. The monoisotopic (exact) mass is 491 g/mol. The predicted molar refractivity (Wildman–Crippen MR) is 121 cm³/mol. The molecule has 0 aliphatic rings. The Labute approximate surface area is 190 Å². The zero-order valence-corrected chi connectivity index (χ0v) is 19.4. The average Bonchev–Trinajstić information content (AvgIpc) is 2.56. The summed E-state index contributed by atoms with van der Waals surface area (Å²) in [6.07, 6.45) is 4.51. The lowest BCUT2D eigenvalue weighted by molar-refractivity contribution is -0.122. The van der Waals surface area contributed by atoms with Crippen molar-refractivity contribution < 1.29 is 4.79 Å². The molecule has 1 aromatic carbocycles. The number of rotatable bonds is 9. The maximum Gasteiger partial charge on any atom is 0.228 e. The van der Waals surface area contributed by atoms with Gasteiger partial charge in [0.2, 0.25) is 9.70 Å². The quantitative estimate of drug-likeness (QED) is 0.160. The van der Waals surface area contributed by atoms with E-state index in [-0.39, 0.29) is 11.0 Å². The second kappa shape index (κ2) is 12.4. The molecule has 1 atom stereocenters. The van der Waals surface area contributed by atoms with Gasteiger partial charge in [0.25, 0.3) is 0 Å². The normalized spacial score (nSPS) is 12.4. The minimum absolute atomic E-state index is 0.124. The Morgan fingerprint density at radius 1 is 1.11 bits per heavy atom. The van der Waals surface area contributed by atoms with Crippen LogP contribution in [0.1, 0.15) is 45.4 Å². The third kappa shape index (κ3) is 10.2. The fraction of sp³-hybridized carbons (Fsp3) is 0.529. The second-order valence-corrected chi connectivity index (χ2v) is 9.55. The van der Waals surface area contributed by atoms with E-state index in [0.29, 0.717) is 22.2 Å². The van der Waals surface area contributed by atoms with Gasteiger partial charge < -0.3 is 16.0 Å². The standard InChI is InChI=1S/C17H22Cl5N3OS/c1-2-3-4-5-6-7-14(26)24-15(17(20,21)22)25-16(27)23-13-10-11(18)8-9-12(13)19/h8-10,15H,2-7H2,1H3,(H,24,26)(H2,23,25,27). The summed E-state index contributed by atoms with van der Waals surface area (Å²) in [5, 5.41) is 9.34. The molecule has 0 bridgehead atoms. The number of nitrogens with one attached hydrogen (secondary N) is 3. The molecule has 10 heteroatoms. The summed E-state index contributed by atoms with van der Waals surface area (Å²) >= 11 is 35.2. The van der Waals surface area contributed by atoms with Crippen LogP contribution in [0.4, 0.5) is 5.69 Å². The smallest absolute Gasteiger partial charge is 0.228 e. The van der Waals surface area contributed by atoms with Crippen LogP contribution < -0.4 is 16.0 Å². The fourth-order valence-corrected chi connectivity index (χ4v) is 3.10. The van der Waals surface area contributed by atoms with Crippen molar-refractivity contribution in [1.29, 1.82) is 0 Å². The van der Waals surface area contributed by atoms with Crippen LogP contribution in [-0.4, -0.2) is 21.0 Å². The summed E-state index contributed by atoms with van der Waals surface area (Å²) in [6.45, 7) is 2.14. The Balaban J connectivity index is 2.60. The fourth-order valence-electron chi connectivity index (χ4n) is 2.20. The molecule has 0 saturated heterocycles. The van der Waals surface area contributed by atoms with E-state index in [1.54, 1.807) is 18.2 Å². The van der Waals surface area contributed by atoms with Gasteiger partial charge in [-0.15, -0.1) is 0 Å². The highest BCUT2D eigenvalue weighted by Gasteiger charge is 2.34. The Hall–Kier alpha value is -0.170. The Morgan fingerprint density at radius 2 is 1.78 bits per heavy atom. The lowest BCUT2D eigenvalue weighted by Crippen LogP contribution is -2.56. The number of alkyl halides is 3. The largest absolute Gasteiger partial charge is 0.339 e. The predicted octanol–water partition coefficient (Wildman–Crippen LogP) is 6.45. The molecule has 0 spiro atoms. The molecule has 0 aliphatic heterocycles. The molecule has 0 fully saturated rings. The van der Waals surface area contributed by atoms with Gasteiger partial charge in [-0.3, -0.25) is 4.79 Å². The van der Waals surface area contributed by atoms with Gasteiger partial charge in [0.1, 0.15) is 6.17 Å². The third-order valence-electron chi connectivity index (χ3n) is 3.59. The van der Waals surface area contributed by atoms with Crippen molar-refractivity contribution in [2.45, 2.75) is 55.4 Å². The van der Waals surface area contributed by atoms with Crippen molar-refractivity contribution in [2.24, 2.45) is 0 Å². The van der Waals surface area contributed by atoms with Crippen molar-refractivity contribution in [3.63, 3.8) is 0 Å². The Morgan fingerprint density at radius 3 is 2.41 bits per heavy atom. The maximum atomic E-state index is 12.1. The number of halogens is 5. The number of anilines is 1. The second-order valence-electron chi connectivity index (χ2n) is 5.93. The van der Waals surface area contributed by atoms with Crippen molar-refractivity contribution >= 4 is 86.9 Å². The Bertz CT molecular complexity index is 639. The first-order valence-electron chi connectivity index (χ1n) is 8.52. The van der Waals surface area contributed by atoms with Crippen LogP contribution in [0.3, 0.4) is 0 Å². The molecule has 0 radical (unpaired) electrons. The van der Waals surface area contributed by atoms with Gasteiger partial charge in [-0.25, -0.2) is 0 Å². The molecule has 0 aromatic heterocycles.